The fourth-order valence-electron chi connectivity index (χ4n) is 4.64. The van der Waals surface area contributed by atoms with Crippen molar-refractivity contribution in [2.75, 3.05) is 33.2 Å². The van der Waals surface area contributed by atoms with E-state index in [4.69, 9.17) is 0 Å². The van der Waals surface area contributed by atoms with Gasteiger partial charge in [-0.15, -0.1) is 24.0 Å². The standard InChI is InChI=1S/C18H32N4O2.HI/c1-19-17(20-11-15(23)14-6-3-2-4-7-14)22-9-5-8-18(13-22)10-16(24)21-12-18;/h14-15,23H,2-13H2,1H3,(H,19,20)(H,21,24);1H. The molecule has 144 valence electrons. The molecule has 6 nitrogen and oxygen atoms in total. The van der Waals surface area contributed by atoms with Crippen LogP contribution < -0.4 is 10.6 Å². The maximum Gasteiger partial charge on any atom is 0.220 e. The van der Waals surface area contributed by atoms with Crippen molar-refractivity contribution >= 4 is 35.8 Å². The zero-order chi connectivity index (χ0) is 17.0. The van der Waals surface area contributed by atoms with E-state index in [-0.39, 0.29) is 41.4 Å². The molecule has 3 fully saturated rings. The molecule has 2 atom stereocenters. The van der Waals surface area contributed by atoms with Gasteiger partial charge in [0.1, 0.15) is 0 Å². The van der Waals surface area contributed by atoms with Crippen LogP contribution in [0.3, 0.4) is 0 Å². The van der Waals surface area contributed by atoms with Crippen molar-refractivity contribution in [2.24, 2.45) is 16.3 Å². The first-order valence-corrected chi connectivity index (χ1v) is 9.52. The van der Waals surface area contributed by atoms with Gasteiger partial charge < -0.3 is 20.6 Å². The first-order chi connectivity index (χ1) is 11.6. The first-order valence-electron chi connectivity index (χ1n) is 9.52. The number of nitrogens with one attached hydrogen (secondary N) is 2. The van der Waals surface area contributed by atoms with Crippen molar-refractivity contribution in [1.29, 1.82) is 0 Å². The molecule has 2 saturated heterocycles. The second-order valence-corrected chi connectivity index (χ2v) is 7.87. The van der Waals surface area contributed by atoms with Crippen LogP contribution in [0.15, 0.2) is 4.99 Å². The van der Waals surface area contributed by atoms with E-state index in [0.29, 0.717) is 18.9 Å². The number of carbonyl (C=O) groups excluding carboxylic acids is 1. The Labute approximate surface area is 168 Å². The molecule has 0 aromatic rings. The highest BCUT2D eigenvalue weighted by atomic mass is 127. The molecule has 1 spiro atoms. The molecule has 3 rings (SSSR count). The van der Waals surface area contributed by atoms with Gasteiger partial charge in [-0.25, -0.2) is 0 Å². The fraction of sp³-hybridized carbons (Fsp3) is 0.889. The number of piperidine rings is 1. The second kappa shape index (κ2) is 9.39. The maximum absolute atomic E-state index is 11.6. The zero-order valence-electron chi connectivity index (χ0n) is 15.3. The monoisotopic (exact) mass is 464 g/mol. The van der Waals surface area contributed by atoms with Gasteiger partial charge in [0.15, 0.2) is 5.96 Å². The normalized spacial score (nSPS) is 29.3. The number of guanidine groups is 1. The smallest absolute Gasteiger partial charge is 0.220 e. The minimum Gasteiger partial charge on any atom is -0.391 e. The van der Waals surface area contributed by atoms with Crippen LogP contribution in [0.5, 0.6) is 0 Å². The van der Waals surface area contributed by atoms with Gasteiger partial charge in [-0.2, -0.15) is 0 Å². The van der Waals surface area contributed by atoms with Gasteiger partial charge in [-0.05, 0) is 31.6 Å². The van der Waals surface area contributed by atoms with Crippen molar-refractivity contribution in [3.8, 4) is 0 Å². The van der Waals surface area contributed by atoms with E-state index in [1.54, 1.807) is 7.05 Å². The van der Waals surface area contributed by atoms with Gasteiger partial charge >= 0.3 is 0 Å². The Morgan fingerprint density at radius 3 is 2.80 bits per heavy atom. The number of nitrogens with zero attached hydrogens (tertiary/aromatic N) is 2. The molecule has 1 saturated carbocycles. The Bertz CT molecular complexity index is 482. The maximum atomic E-state index is 11.6. The van der Waals surface area contributed by atoms with Gasteiger partial charge in [0, 0.05) is 45.1 Å². The zero-order valence-corrected chi connectivity index (χ0v) is 17.6. The summed E-state index contributed by atoms with van der Waals surface area (Å²) in [7, 11) is 1.80. The number of aliphatic hydroxyl groups is 1. The Morgan fingerprint density at radius 2 is 2.16 bits per heavy atom. The Balaban J connectivity index is 0.00000225. The molecule has 1 amide bonds. The number of amides is 1. The van der Waals surface area contributed by atoms with E-state index in [1.807, 2.05) is 0 Å². The Kier molecular flexibility index (Phi) is 7.79. The van der Waals surface area contributed by atoms with Crippen LogP contribution in [0, 0.1) is 11.3 Å². The lowest BCUT2D eigenvalue weighted by atomic mass is 9.79. The SMILES string of the molecule is CN=C(NCC(O)C1CCCCC1)N1CCCC2(CNC(=O)C2)C1.I. The summed E-state index contributed by atoms with van der Waals surface area (Å²) < 4.78 is 0. The van der Waals surface area contributed by atoms with Gasteiger partial charge in [-0.3, -0.25) is 9.79 Å². The molecule has 0 bridgehead atoms. The molecular formula is C18H33IN4O2. The number of aliphatic hydroxyl groups excluding tert-OH is 1. The lowest BCUT2D eigenvalue weighted by molar-refractivity contribution is -0.119. The Hall–Kier alpha value is -0.570. The van der Waals surface area contributed by atoms with Crippen LogP contribution in [-0.4, -0.2) is 61.2 Å². The quantitative estimate of drug-likeness (QED) is 0.338. The third kappa shape index (κ3) is 5.21. The van der Waals surface area contributed by atoms with Crippen LogP contribution in [0.4, 0.5) is 0 Å². The highest BCUT2D eigenvalue weighted by Gasteiger charge is 2.42. The summed E-state index contributed by atoms with van der Waals surface area (Å²) in [6.07, 6.45) is 8.59. The van der Waals surface area contributed by atoms with Crippen molar-refractivity contribution in [3.63, 3.8) is 0 Å². The van der Waals surface area contributed by atoms with Crippen LogP contribution in [0.2, 0.25) is 0 Å². The molecular weight excluding hydrogens is 431 g/mol. The molecule has 7 heteroatoms. The number of rotatable bonds is 3. The molecule has 2 unspecified atom stereocenters. The van der Waals surface area contributed by atoms with E-state index < -0.39 is 0 Å². The summed E-state index contributed by atoms with van der Waals surface area (Å²) in [6.45, 7) is 3.18. The average Bonchev–Trinajstić information content (AvgIpc) is 2.96. The number of hydrogen-bond donors (Lipinski definition) is 3. The number of carbonyl (C=O) groups is 1. The molecule has 1 aliphatic carbocycles. The van der Waals surface area contributed by atoms with Crippen molar-refractivity contribution in [1.82, 2.24) is 15.5 Å². The molecule has 25 heavy (non-hydrogen) atoms. The molecule has 0 radical (unpaired) electrons. The third-order valence-corrected chi connectivity index (χ3v) is 6.03. The van der Waals surface area contributed by atoms with Gasteiger partial charge in [0.05, 0.1) is 6.10 Å². The van der Waals surface area contributed by atoms with Crippen molar-refractivity contribution in [3.05, 3.63) is 0 Å². The van der Waals surface area contributed by atoms with E-state index in [1.165, 1.54) is 19.3 Å². The summed E-state index contributed by atoms with van der Waals surface area (Å²) in [5.41, 5.74) is 0.0644. The molecule has 2 heterocycles. The minimum atomic E-state index is -0.296. The summed E-state index contributed by atoms with van der Waals surface area (Å²) in [6, 6.07) is 0. The summed E-state index contributed by atoms with van der Waals surface area (Å²) >= 11 is 0. The number of aliphatic imine (C=N–C) groups is 1. The molecule has 3 aliphatic rings. The largest absolute Gasteiger partial charge is 0.391 e. The third-order valence-electron chi connectivity index (χ3n) is 6.03. The second-order valence-electron chi connectivity index (χ2n) is 7.87. The van der Waals surface area contributed by atoms with Gasteiger partial charge in [0.25, 0.3) is 0 Å². The lowest BCUT2D eigenvalue weighted by Gasteiger charge is -2.41. The van der Waals surface area contributed by atoms with Crippen LogP contribution >= 0.6 is 24.0 Å². The van der Waals surface area contributed by atoms with Gasteiger partial charge in [0.2, 0.25) is 5.91 Å². The first kappa shape index (κ1) is 20.7. The van der Waals surface area contributed by atoms with E-state index in [9.17, 15) is 9.90 Å². The predicted octanol–water partition coefficient (Wildman–Crippen LogP) is 1.72. The minimum absolute atomic E-state index is 0. The molecule has 0 aromatic carbocycles. The van der Waals surface area contributed by atoms with E-state index in [2.05, 4.69) is 20.5 Å². The summed E-state index contributed by atoms with van der Waals surface area (Å²) in [4.78, 5) is 18.3. The highest BCUT2D eigenvalue weighted by Crippen LogP contribution is 2.36. The lowest BCUT2D eigenvalue weighted by Crippen LogP contribution is -2.52. The number of hydrogen-bond acceptors (Lipinski definition) is 3. The van der Waals surface area contributed by atoms with Crippen LogP contribution in [-0.2, 0) is 4.79 Å². The van der Waals surface area contributed by atoms with Crippen LogP contribution in [0.25, 0.3) is 0 Å². The van der Waals surface area contributed by atoms with Crippen LogP contribution in [0.1, 0.15) is 51.4 Å². The fourth-order valence-corrected chi connectivity index (χ4v) is 4.64. The molecule has 2 aliphatic heterocycles. The average molecular weight is 464 g/mol. The number of likely N-dealkylation sites (tertiary alicyclic amines) is 1. The van der Waals surface area contributed by atoms with Crippen molar-refractivity contribution < 1.29 is 9.90 Å². The highest BCUT2D eigenvalue weighted by molar-refractivity contribution is 14.0. The van der Waals surface area contributed by atoms with Gasteiger partial charge in [-0.1, -0.05) is 19.3 Å². The topological polar surface area (TPSA) is 77.0 Å². The summed E-state index contributed by atoms with van der Waals surface area (Å²) in [5, 5.41) is 16.8. The molecule has 0 aromatic heterocycles. The Morgan fingerprint density at radius 1 is 1.40 bits per heavy atom. The van der Waals surface area contributed by atoms with E-state index >= 15 is 0 Å². The number of halogens is 1. The van der Waals surface area contributed by atoms with E-state index in [0.717, 1.165) is 51.3 Å². The molecule has 3 N–H and O–H groups in total. The predicted molar refractivity (Wildman–Crippen MR) is 110 cm³/mol. The van der Waals surface area contributed by atoms with Crippen molar-refractivity contribution in [2.45, 2.75) is 57.5 Å². The summed E-state index contributed by atoms with van der Waals surface area (Å²) in [5.74, 6) is 1.46.